The van der Waals surface area contributed by atoms with Gasteiger partial charge >= 0.3 is 6.03 Å². The number of amides is 3. The fourth-order valence-corrected chi connectivity index (χ4v) is 4.08. The van der Waals surface area contributed by atoms with Crippen LogP contribution in [0, 0.1) is 18.6 Å². The Kier molecular flexibility index (Phi) is 4.03. The number of aryl methyl sites for hydroxylation is 1. The fraction of sp³-hybridized carbons (Fsp3) is 0.222. The lowest BCUT2D eigenvalue weighted by molar-refractivity contribution is -0.131. The summed E-state index contributed by atoms with van der Waals surface area (Å²) in [7, 11) is 0. The molecular weight excluding hydrogens is 390 g/mol. The number of halogens is 2. The van der Waals surface area contributed by atoms with E-state index in [2.05, 4.69) is 10.3 Å². The van der Waals surface area contributed by atoms with Crippen LogP contribution in [0.4, 0.5) is 13.6 Å². The zero-order valence-corrected chi connectivity index (χ0v) is 15.6. The van der Waals surface area contributed by atoms with E-state index < -0.39 is 29.1 Å². The predicted octanol–water partition coefficient (Wildman–Crippen LogP) is 2.31. The zero-order valence-electron chi connectivity index (χ0n) is 14.8. The third-order valence-electron chi connectivity index (χ3n) is 4.72. The Morgan fingerprint density at radius 2 is 1.93 bits per heavy atom. The summed E-state index contributed by atoms with van der Waals surface area (Å²) in [6.45, 7) is 2.97. The van der Waals surface area contributed by atoms with Gasteiger partial charge in [0.25, 0.3) is 11.5 Å². The summed E-state index contributed by atoms with van der Waals surface area (Å²) < 4.78 is 28.3. The van der Waals surface area contributed by atoms with Gasteiger partial charge in [-0.25, -0.2) is 18.6 Å². The molecule has 1 N–H and O–H groups in total. The smallest absolute Gasteiger partial charge is 0.319 e. The molecular formula is C18H14F2N4O3S. The lowest BCUT2D eigenvalue weighted by Gasteiger charge is -2.22. The number of benzene rings is 1. The van der Waals surface area contributed by atoms with Gasteiger partial charge in [-0.05, 0) is 31.5 Å². The molecule has 3 heterocycles. The van der Waals surface area contributed by atoms with Crippen molar-refractivity contribution < 1.29 is 18.4 Å². The number of nitrogens with zero attached hydrogens (tertiary/aromatic N) is 3. The van der Waals surface area contributed by atoms with Crippen molar-refractivity contribution in [1.82, 2.24) is 19.6 Å². The number of imide groups is 1. The van der Waals surface area contributed by atoms with Gasteiger partial charge in [-0.3, -0.25) is 18.9 Å². The number of urea groups is 1. The highest BCUT2D eigenvalue weighted by Crippen LogP contribution is 2.30. The van der Waals surface area contributed by atoms with Gasteiger partial charge in [-0.2, -0.15) is 0 Å². The quantitative estimate of drug-likeness (QED) is 0.679. The topological polar surface area (TPSA) is 83.8 Å². The van der Waals surface area contributed by atoms with Crippen LogP contribution in [0.15, 0.2) is 34.4 Å². The van der Waals surface area contributed by atoms with Crippen molar-refractivity contribution in [3.63, 3.8) is 0 Å². The second-order valence-corrected chi connectivity index (χ2v) is 7.49. The van der Waals surface area contributed by atoms with E-state index in [0.29, 0.717) is 4.96 Å². The summed E-state index contributed by atoms with van der Waals surface area (Å²) in [4.78, 5) is 43.3. The van der Waals surface area contributed by atoms with E-state index in [1.165, 1.54) is 34.8 Å². The van der Waals surface area contributed by atoms with Gasteiger partial charge < -0.3 is 5.32 Å². The third-order valence-corrected chi connectivity index (χ3v) is 5.66. The molecule has 28 heavy (non-hydrogen) atoms. The predicted molar refractivity (Wildman–Crippen MR) is 96.9 cm³/mol. The van der Waals surface area contributed by atoms with Crippen LogP contribution in [-0.2, 0) is 16.9 Å². The molecule has 0 spiro atoms. The zero-order chi connectivity index (χ0) is 20.2. The Labute approximate surface area is 161 Å². The summed E-state index contributed by atoms with van der Waals surface area (Å²) in [6, 6.07) is 3.57. The van der Waals surface area contributed by atoms with Crippen molar-refractivity contribution in [3.05, 3.63) is 68.6 Å². The number of thiazole rings is 1. The first-order chi connectivity index (χ1) is 13.2. The monoisotopic (exact) mass is 404 g/mol. The Bertz CT molecular complexity index is 1210. The second kappa shape index (κ2) is 6.20. The van der Waals surface area contributed by atoms with Crippen LogP contribution < -0.4 is 10.9 Å². The van der Waals surface area contributed by atoms with Gasteiger partial charge in [-0.15, -0.1) is 11.3 Å². The van der Waals surface area contributed by atoms with Crippen LogP contribution in [-0.4, -0.2) is 26.2 Å². The number of carbonyl (C=O) groups is 2. The molecule has 3 aromatic rings. The van der Waals surface area contributed by atoms with Crippen LogP contribution in [0.5, 0.6) is 0 Å². The van der Waals surface area contributed by atoms with Gasteiger partial charge in [0.15, 0.2) is 16.6 Å². The number of fused-ring (bicyclic) bond motifs is 1. The highest BCUT2D eigenvalue weighted by molar-refractivity contribution is 7.15. The van der Waals surface area contributed by atoms with E-state index in [4.69, 9.17) is 0 Å². The Hall–Kier alpha value is -3.14. The van der Waals surface area contributed by atoms with Crippen molar-refractivity contribution in [2.45, 2.75) is 25.9 Å². The molecule has 1 aliphatic heterocycles. The molecule has 1 unspecified atom stereocenters. The maximum atomic E-state index is 13.6. The summed E-state index contributed by atoms with van der Waals surface area (Å²) in [5.74, 6) is -2.81. The van der Waals surface area contributed by atoms with Gasteiger partial charge in [-0.1, -0.05) is 6.07 Å². The number of aromatic nitrogens is 2. The number of nitrogens with one attached hydrogen (secondary N) is 1. The molecule has 1 atom stereocenters. The number of rotatable bonds is 3. The van der Waals surface area contributed by atoms with E-state index in [1.807, 2.05) is 0 Å². The molecule has 3 amide bonds. The van der Waals surface area contributed by atoms with E-state index in [1.54, 1.807) is 12.3 Å². The molecule has 1 aromatic carbocycles. The molecule has 144 valence electrons. The minimum absolute atomic E-state index is 0.115. The fourth-order valence-electron chi connectivity index (χ4n) is 3.19. The van der Waals surface area contributed by atoms with Crippen LogP contribution in [0.2, 0.25) is 0 Å². The maximum absolute atomic E-state index is 13.6. The van der Waals surface area contributed by atoms with Crippen molar-refractivity contribution in [2.24, 2.45) is 0 Å². The van der Waals surface area contributed by atoms with Crippen LogP contribution >= 0.6 is 11.3 Å². The lowest BCUT2D eigenvalue weighted by atomic mass is 9.92. The maximum Gasteiger partial charge on any atom is 0.325 e. The van der Waals surface area contributed by atoms with E-state index in [0.717, 1.165) is 22.7 Å². The van der Waals surface area contributed by atoms with E-state index in [-0.39, 0.29) is 23.4 Å². The Morgan fingerprint density at radius 1 is 1.18 bits per heavy atom. The van der Waals surface area contributed by atoms with Gasteiger partial charge in [0, 0.05) is 17.1 Å². The summed E-state index contributed by atoms with van der Waals surface area (Å²) >= 11 is 1.27. The summed E-state index contributed by atoms with van der Waals surface area (Å²) in [5, 5.41) is 4.29. The number of hydrogen-bond donors (Lipinski definition) is 1. The van der Waals surface area contributed by atoms with E-state index >= 15 is 0 Å². The second-order valence-electron chi connectivity index (χ2n) is 6.66. The first-order valence-corrected chi connectivity index (χ1v) is 9.15. The van der Waals surface area contributed by atoms with Gasteiger partial charge in [0.1, 0.15) is 5.54 Å². The third kappa shape index (κ3) is 2.68. The van der Waals surface area contributed by atoms with Crippen molar-refractivity contribution in [2.75, 3.05) is 0 Å². The minimum atomic E-state index is -1.55. The highest BCUT2D eigenvalue weighted by Gasteiger charge is 2.49. The van der Waals surface area contributed by atoms with Crippen molar-refractivity contribution in [3.8, 4) is 0 Å². The van der Waals surface area contributed by atoms with Gasteiger partial charge in [0.2, 0.25) is 0 Å². The van der Waals surface area contributed by atoms with Crippen LogP contribution in [0.1, 0.15) is 23.9 Å². The molecule has 0 saturated carbocycles. The first kappa shape index (κ1) is 18.2. The van der Waals surface area contributed by atoms with Crippen LogP contribution in [0.3, 0.4) is 0 Å². The van der Waals surface area contributed by atoms with Crippen LogP contribution in [0.25, 0.3) is 4.96 Å². The summed E-state index contributed by atoms with van der Waals surface area (Å²) in [5.41, 5.74) is -0.752. The molecule has 4 rings (SSSR count). The number of hydrogen-bond acceptors (Lipinski definition) is 5. The average Bonchev–Trinajstić information content (AvgIpc) is 3.11. The Morgan fingerprint density at radius 3 is 2.64 bits per heavy atom. The standard InChI is InChI=1S/C18H14F2N4O3S/c1-9-8-28-17-21-11(6-14(25)24(9)17)7-23-15(26)18(2,22-16(23)27)10-3-4-12(19)13(20)5-10/h3-6,8H,7H2,1-2H3,(H,22,27). The first-order valence-electron chi connectivity index (χ1n) is 8.27. The van der Waals surface area contributed by atoms with Gasteiger partial charge in [0.05, 0.1) is 12.2 Å². The van der Waals surface area contributed by atoms with Crippen molar-refractivity contribution in [1.29, 1.82) is 0 Å². The summed E-state index contributed by atoms with van der Waals surface area (Å²) in [6.07, 6.45) is 0. The molecule has 1 fully saturated rings. The van der Waals surface area contributed by atoms with E-state index in [9.17, 15) is 23.2 Å². The highest BCUT2D eigenvalue weighted by atomic mass is 32.1. The lowest BCUT2D eigenvalue weighted by Crippen LogP contribution is -2.41. The molecule has 1 saturated heterocycles. The Balaban J connectivity index is 1.68. The molecule has 1 aliphatic rings. The molecule has 0 bridgehead atoms. The number of carbonyl (C=O) groups excluding carboxylic acids is 2. The molecule has 2 aromatic heterocycles. The molecule has 10 heteroatoms. The normalized spacial score (nSPS) is 19.5. The molecule has 0 radical (unpaired) electrons. The SMILES string of the molecule is Cc1csc2nc(CN3C(=O)NC(C)(c4ccc(F)c(F)c4)C3=O)cc(=O)n12. The average molecular weight is 404 g/mol. The van der Waals surface area contributed by atoms with Crippen molar-refractivity contribution >= 4 is 28.2 Å². The largest absolute Gasteiger partial charge is 0.325 e. The minimum Gasteiger partial charge on any atom is -0.319 e. The molecule has 0 aliphatic carbocycles. The molecule has 7 nitrogen and oxygen atoms in total.